The van der Waals surface area contributed by atoms with Crippen LogP contribution in [0, 0.1) is 5.92 Å². The molecule has 6 heteroatoms. The van der Waals surface area contributed by atoms with Crippen LogP contribution in [-0.2, 0) is 16.0 Å². The van der Waals surface area contributed by atoms with Gasteiger partial charge in [0.2, 0.25) is 5.91 Å². The zero-order chi connectivity index (χ0) is 15.4. The lowest BCUT2D eigenvalue weighted by molar-refractivity contribution is -0.145. The van der Waals surface area contributed by atoms with Crippen LogP contribution in [0.25, 0.3) is 0 Å². The molecular formula is C15H17BrClNO3. The van der Waals surface area contributed by atoms with Crippen molar-refractivity contribution in [3.8, 4) is 0 Å². The van der Waals surface area contributed by atoms with Gasteiger partial charge in [-0.1, -0.05) is 27.5 Å². The number of halogens is 2. The van der Waals surface area contributed by atoms with Gasteiger partial charge in [-0.05, 0) is 43.0 Å². The summed E-state index contributed by atoms with van der Waals surface area (Å²) < 4.78 is 0.932. The maximum atomic E-state index is 12.2. The first-order valence-corrected chi connectivity index (χ1v) is 8.09. The number of carboxylic acid groups (broad SMARTS) is 1. The Balaban J connectivity index is 1.92. The van der Waals surface area contributed by atoms with Crippen LogP contribution in [0.4, 0.5) is 0 Å². The quantitative estimate of drug-likeness (QED) is 0.879. The number of carbonyl (C=O) groups is 2. The van der Waals surface area contributed by atoms with Gasteiger partial charge in [0.05, 0.1) is 5.92 Å². The fourth-order valence-corrected chi connectivity index (χ4v) is 3.18. The lowest BCUT2D eigenvalue weighted by atomic mass is 9.97. The van der Waals surface area contributed by atoms with Crippen molar-refractivity contribution >= 4 is 39.4 Å². The van der Waals surface area contributed by atoms with Crippen molar-refractivity contribution in [1.29, 1.82) is 0 Å². The third-order valence-electron chi connectivity index (χ3n) is 3.74. The fourth-order valence-electron chi connectivity index (χ4n) is 2.54. The Labute approximate surface area is 137 Å². The lowest BCUT2D eigenvalue weighted by Gasteiger charge is -2.30. The van der Waals surface area contributed by atoms with Gasteiger partial charge in [0.1, 0.15) is 0 Å². The average molecular weight is 375 g/mol. The molecule has 1 atom stereocenters. The molecule has 1 N–H and O–H groups in total. The number of aliphatic carboxylic acids is 1. The number of benzene rings is 1. The highest BCUT2D eigenvalue weighted by molar-refractivity contribution is 9.10. The van der Waals surface area contributed by atoms with E-state index in [9.17, 15) is 9.59 Å². The number of hydrogen-bond donors (Lipinski definition) is 1. The first-order valence-electron chi connectivity index (χ1n) is 6.92. The van der Waals surface area contributed by atoms with E-state index in [1.54, 1.807) is 11.0 Å². The zero-order valence-corrected chi connectivity index (χ0v) is 13.9. The van der Waals surface area contributed by atoms with Gasteiger partial charge < -0.3 is 10.0 Å². The lowest BCUT2D eigenvalue weighted by Crippen LogP contribution is -2.42. The topological polar surface area (TPSA) is 57.6 Å². The predicted octanol–water partition coefficient (Wildman–Crippen LogP) is 3.36. The maximum Gasteiger partial charge on any atom is 0.308 e. The summed E-state index contributed by atoms with van der Waals surface area (Å²) in [4.78, 5) is 24.9. The Kier molecular flexibility index (Phi) is 5.65. The van der Waals surface area contributed by atoms with E-state index in [2.05, 4.69) is 15.9 Å². The van der Waals surface area contributed by atoms with Crippen molar-refractivity contribution in [2.75, 3.05) is 13.1 Å². The van der Waals surface area contributed by atoms with Gasteiger partial charge in [0.15, 0.2) is 0 Å². The van der Waals surface area contributed by atoms with Crippen LogP contribution < -0.4 is 0 Å². The minimum atomic E-state index is -0.815. The van der Waals surface area contributed by atoms with E-state index in [-0.39, 0.29) is 5.91 Å². The van der Waals surface area contributed by atoms with Crippen LogP contribution in [0.2, 0.25) is 5.02 Å². The van der Waals surface area contributed by atoms with Crippen molar-refractivity contribution in [3.63, 3.8) is 0 Å². The molecule has 1 amide bonds. The second kappa shape index (κ2) is 7.27. The Morgan fingerprint density at radius 3 is 2.90 bits per heavy atom. The molecule has 0 radical (unpaired) electrons. The highest BCUT2D eigenvalue weighted by Crippen LogP contribution is 2.23. The third-order valence-corrected chi connectivity index (χ3v) is 4.75. The number of carboxylic acids is 1. The molecule has 1 saturated heterocycles. The first-order chi connectivity index (χ1) is 9.97. The standard InChI is InChI=1S/C15H17BrClNO3/c16-13-5-4-12(17)8-10(13)3-6-14(19)18-7-1-2-11(9-18)15(20)21/h4-5,8,11H,1-3,6-7,9H2,(H,20,21). The Hall–Kier alpha value is -1.07. The molecule has 0 bridgehead atoms. The molecule has 1 heterocycles. The summed E-state index contributed by atoms with van der Waals surface area (Å²) in [7, 11) is 0. The van der Waals surface area contributed by atoms with Crippen molar-refractivity contribution in [1.82, 2.24) is 4.90 Å². The van der Waals surface area contributed by atoms with Gasteiger partial charge in [-0.3, -0.25) is 9.59 Å². The van der Waals surface area contributed by atoms with Crippen molar-refractivity contribution in [3.05, 3.63) is 33.3 Å². The van der Waals surface area contributed by atoms with Gasteiger partial charge >= 0.3 is 5.97 Å². The van der Waals surface area contributed by atoms with E-state index in [0.29, 0.717) is 37.4 Å². The molecule has 114 valence electrons. The summed E-state index contributed by atoms with van der Waals surface area (Å²) in [5.41, 5.74) is 0.989. The second-order valence-corrected chi connectivity index (χ2v) is 6.54. The van der Waals surface area contributed by atoms with Gasteiger partial charge in [-0.25, -0.2) is 0 Å². The van der Waals surface area contributed by atoms with E-state index >= 15 is 0 Å². The normalized spacial score (nSPS) is 18.6. The number of carbonyl (C=O) groups excluding carboxylic acids is 1. The van der Waals surface area contributed by atoms with E-state index < -0.39 is 11.9 Å². The van der Waals surface area contributed by atoms with Crippen LogP contribution in [0.5, 0.6) is 0 Å². The Morgan fingerprint density at radius 2 is 2.19 bits per heavy atom. The molecule has 0 aromatic heterocycles. The Bertz CT molecular complexity index is 550. The minimum absolute atomic E-state index is 0.00725. The molecule has 2 rings (SSSR count). The van der Waals surface area contributed by atoms with Crippen LogP contribution in [-0.4, -0.2) is 35.0 Å². The summed E-state index contributed by atoms with van der Waals surface area (Å²) in [6.07, 6.45) is 2.36. The largest absolute Gasteiger partial charge is 0.481 e. The third kappa shape index (κ3) is 4.45. The molecule has 4 nitrogen and oxygen atoms in total. The second-order valence-electron chi connectivity index (χ2n) is 5.25. The van der Waals surface area contributed by atoms with Gasteiger partial charge in [0.25, 0.3) is 0 Å². The number of rotatable bonds is 4. The van der Waals surface area contributed by atoms with Crippen LogP contribution in [0.3, 0.4) is 0 Å². The van der Waals surface area contributed by atoms with Crippen molar-refractivity contribution < 1.29 is 14.7 Å². The number of likely N-dealkylation sites (tertiary alicyclic amines) is 1. The maximum absolute atomic E-state index is 12.2. The molecule has 0 aliphatic carbocycles. The molecule has 0 spiro atoms. The molecule has 1 aliphatic heterocycles. The summed E-state index contributed by atoms with van der Waals surface area (Å²) in [5, 5.41) is 9.70. The number of piperidine rings is 1. The van der Waals surface area contributed by atoms with Gasteiger partial charge in [0, 0.05) is 29.0 Å². The summed E-state index contributed by atoms with van der Waals surface area (Å²) in [6, 6.07) is 5.50. The SMILES string of the molecule is O=C(O)C1CCCN(C(=O)CCc2cc(Cl)ccc2Br)C1. The van der Waals surface area contributed by atoms with Crippen LogP contribution in [0.1, 0.15) is 24.8 Å². The number of hydrogen-bond acceptors (Lipinski definition) is 2. The fraction of sp³-hybridized carbons (Fsp3) is 0.467. The summed E-state index contributed by atoms with van der Waals surface area (Å²) in [5.74, 6) is -1.24. The zero-order valence-electron chi connectivity index (χ0n) is 11.5. The van der Waals surface area contributed by atoms with E-state index in [0.717, 1.165) is 16.5 Å². The molecule has 0 saturated carbocycles. The Morgan fingerprint density at radius 1 is 1.43 bits per heavy atom. The van der Waals surface area contributed by atoms with Crippen LogP contribution in [0.15, 0.2) is 22.7 Å². The molecular weight excluding hydrogens is 358 g/mol. The molecule has 21 heavy (non-hydrogen) atoms. The van der Waals surface area contributed by atoms with E-state index in [1.165, 1.54) is 0 Å². The number of aryl methyl sites for hydroxylation is 1. The number of nitrogens with zero attached hydrogens (tertiary/aromatic N) is 1. The van der Waals surface area contributed by atoms with E-state index in [4.69, 9.17) is 16.7 Å². The van der Waals surface area contributed by atoms with E-state index in [1.807, 2.05) is 12.1 Å². The molecule has 1 aliphatic rings. The highest BCUT2D eigenvalue weighted by atomic mass is 79.9. The van der Waals surface area contributed by atoms with Crippen molar-refractivity contribution in [2.45, 2.75) is 25.7 Å². The summed E-state index contributed by atoms with van der Waals surface area (Å²) >= 11 is 9.40. The minimum Gasteiger partial charge on any atom is -0.481 e. The number of amides is 1. The molecule has 1 fully saturated rings. The van der Waals surface area contributed by atoms with Crippen LogP contribution >= 0.6 is 27.5 Å². The monoisotopic (exact) mass is 373 g/mol. The first kappa shape index (κ1) is 16.3. The summed E-state index contributed by atoms with van der Waals surface area (Å²) in [6.45, 7) is 0.976. The molecule has 1 unspecified atom stereocenters. The van der Waals surface area contributed by atoms with Gasteiger partial charge in [-0.15, -0.1) is 0 Å². The molecule has 1 aromatic rings. The highest BCUT2D eigenvalue weighted by Gasteiger charge is 2.27. The van der Waals surface area contributed by atoms with Gasteiger partial charge in [-0.2, -0.15) is 0 Å². The molecule has 1 aromatic carbocycles. The predicted molar refractivity (Wildman–Crippen MR) is 84.4 cm³/mol. The van der Waals surface area contributed by atoms with Crippen molar-refractivity contribution in [2.24, 2.45) is 5.92 Å². The smallest absolute Gasteiger partial charge is 0.308 e. The average Bonchev–Trinajstić information content (AvgIpc) is 2.48.